The number of terminal acetylenes is 1. The van der Waals surface area contributed by atoms with Crippen molar-refractivity contribution in [3.63, 3.8) is 0 Å². The first-order valence-corrected chi connectivity index (χ1v) is 13.9. The molecule has 1 aromatic carbocycles. The van der Waals surface area contributed by atoms with Crippen LogP contribution in [0.4, 0.5) is 20.1 Å². The Morgan fingerprint density at radius 2 is 1.71 bits per heavy atom. The number of benzene rings is 1. The van der Waals surface area contributed by atoms with Gasteiger partial charge in [0.1, 0.15) is 24.3 Å². The third-order valence-corrected chi connectivity index (χ3v) is 5.82. The molecule has 13 nitrogen and oxygen atoms in total. The molecule has 0 aliphatic heterocycles. The summed E-state index contributed by atoms with van der Waals surface area (Å²) in [6.07, 6.45) is 4.09. The quantitative estimate of drug-likeness (QED) is 0.106. The maximum atomic E-state index is 13.3. The number of hydrogen-bond donors (Lipinski definition) is 6. The molecule has 6 amide bonds. The topological polar surface area (TPSA) is 190 Å². The van der Waals surface area contributed by atoms with Gasteiger partial charge >= 0.3 is 18.2 Å². The fourth-order valence-corrected chi connectivity index (χ4v) is 3.79. The minimum absolute atomic E-state index is 0.00429. The summed E-state index contributed by atoms with van der Waals surface area (Å²) in [5.41, 5.74) is 5.93. The number of anilines is 1. The summed E-state index contributed by atoms with van der Waals surface area (Å²) in [4.78, 5) is 61.8. The van der Waals surface area contributed by atoms with Crippen molar-refractivity contribution in [3.8, 4) is 12.3 Å². The number of nitrogens with one attached hydrogen (secondary N) is 5. The molecule has 42 heavy (non-hydrogen) atoms. The Morgan fingerprint density at radius 3 is 2.29 bits per heavy atom. The molecule has 0 spiro atoms. The summed E-state index contributed by atoms with van der Waals surface area (Å²) in [6.45, 7) is 8.61. The number of alkyl halides is 1. The zero-order valence-corrected chi connectivity index (χ0v) is 25.4. The Balaban J connectivity index is 3.09. The van der Waals surface area contributed by atoms with Gasteiger partial charge in [-0.15, -0.1) is 18.0 Å². The van der Waals surface area contributed by atoms with Crippen LogP contribution in [0, 0.1) is 18.3 Å². The van der Waals surface area contributed by atoms with Gasteiger partial charge in [0.15, 0.2) is 0 Å². The third-order valence-electron chi connectivity index (χ3n) is 5.53. The second-order valence-electron chi connectivity index (χ2n) is 10.6. The molecule has 7 N–H and O–H groups in total. The Kier molecular flexibility index (Phi) is 15.0. The fraction of sp³-hybridized carbons (Fsp3) is 0.536. The molecule has 0 fully saturated rings. The Labute approximate surface area is 251 Å². The van der Waals surface area contributed by atoms with Gasteiger partial charge in [0, 0.05) is 18.1 Å². The molecule has 0 saturated carbocycles. The number of rotatable bonds is 14. The van der Waals surface area contributed by atoms with Crippen molar-refractivity contribution in [2.24, 2.45) is 11.7 Å². The summed E-state index contributed by atoms with van der Waals surface area (Å²) < 4.78 is 10.4. The minimum atomic E-state index is -1.05. The van der Waals surface area contributed by atoms with E-state index in [9.17, 15) is 24.0 Å². The summed E-state index contributed by atoms with van der Waals surface area (Å²) >= 11 is 6.02. The van der Waals surface area contributed by atoms with Crippen LogP contribution >= 0.6 is 11.6 Å². The molecule has 0 saturated heterocycles. The fourth-order valence-electron chi connectivity index (χ4n) is 3.53. The largest absolute Gasteiger partial charge is 0.445 e. The van der Waals surface area contributed by atoms with E-state index in [0.717, 1.165) is 0 Å². The number of alkyl carbamates (subject to hydrolysis) is 2. The van der Waals surface area contributed by atoms with Gasteiger partial charge in [0.2, 0.25) is 11.8 Å². The lowest BCUT2D eigenvalue weighted by molar-refractivity contribution is -0.128. The van der Waals surface area contributed by atoms with Crippen molar-refractivity contribution in [2.75, 3.05) is 18.4 Å². The second kappa shape index (κ2) is 17.6. The first kappa shape index (κ1) is 35.8. The molecule has 0 aliphatic rings. The summed E-state index contributed by atoms with van der Waals surface area (Å²) in [5, 5.41) is 12.8. The van der Waals surface area contributed by atoms with Crippen LogP contribution in [0.1, 0.15) is 58.6 Å². The van der Waals surface area contributed by atoms with Crippen LogP contribution in [0.15, 0.2) is 18.2 Å². The summed E-state index contributed by atoms with van der Waals surface area (Å²) in [5.74, 6) is 0.913. The summed E-state index contributed by atoms with van der Waals surface area (Å²) in [7, 11) is 0. The SMILES string of the molecule is C#CCNC(=O)OCc1cc(NC(=O)C(CCCNC(N)=O)NC(=O)C(NC(=O)OC(C)(C)C)C(C)C)ccc1CCl. The molecule has 2 unspecified atom stereocenters. The third kappa shape index (κ3) is 13.9. The van der Waals surface area contributed by atoms with Crippen molar-refractivity contribution in [1.29, 1.82) is 0 Å². The van der Waals surface area contributed by atoms with Gasteiger partial charge in [0.05, 0.1) is 6.54 Å². The lowest BCUT2D eigenvalue weighted by Crippen LogP contribution is -2.55. The zero-order valence-electron chi connectivity index (χ0n) is 24.6. The van der Waals surface area contributed by atoms with E-state index >= 15 is 0 Å². The average Bonchev–Trinajstić information content (AvgIpc) is 2.89. The van der Waals surface area contributed by atoms with Gasteiger partial charge < -0.3 is 41.8 Å². The number of carbonyl (C=O) groups is 5. The molecule has 1 rings (SSSR count). The number of hydrogen-bond acceptors (Lipinski definition) is 7. The highest BCUT2D eigenvalue weighted by Gasteiger charge is 2.30. The van der Waals surface area contributed by atoms with E-state index in [1.165, 1.54) is 0 Å². The van der Waals surface area contributed by atoms with E-state index in [-0.39, 0.29) is 37.9 Å². The number of halogens is 1. The van der Waals surface area contributed by atoms with Crippen LogP contribution in [-0.4, -0.2) is 60.8 Å². The number of carbonyl (C=O) groups excluding carboxylic acids is 5. The highest BCUT2D eigenvalue weighted by atomic mass is 35.5. The molecule has 0 bridgehead atoms. The van der Waals surface area contributed by atoms with Crippen molar-refractivity contribution in [1.82, 2.24) is 21.3 Å². The molecule has 1 aromatic rings. The van der Waals surface area contributed by atoms with Crippen LogP contribution in [0.3, 0.4) is 0 Å². The minimum Gasteiger partial charge on any atom is -0.445 e. The lowest BCUT2D eigenvalue weighted by Gasteiger charge is -2.27. The van der Waals surface area contributed by atoms with Crippen LogP contribution in [-0.2, 0) is 31.5 Å². The highest BCUT2D eigenvalue weighted by molar-refractivity contribution is 6.17. The number of ether oxygens (including phenoxy) is 2. The molecule has 0 heterocycles. The molecule has 0 aromatic heterocycles. The number of primary amides is 1. The molecule has 14 heteroatoms. The predicted molar refractivity (Wildman–Crippen MR) is 158 cm³/mol. The van der Waals surface area contributed by atoms with Gasteiger partial charge in [-0.2, -0.15) is 0 Å². The first-order chi connectivity index (χ1) is 19.7. The normalized spacial score (nSPS) is 12.2. The molecule has 2 atom stereocenters. The highest BCUT2D eigenvalue weighted by Crippen LogP contribution is 2.20. The van der Waals surface area contributed by atoms with Crippen LogP contribution in [0.25, 0.3) is 0 Å². The molecule has 232 valence electrons. The van der Waals surface area contributed by atoms with Gasteiger partial charge in [-0.05, 0) is 62.8 Å². The van der Waals surface area contributed by atoms with Crippen LogP contribution in [0.2, 0.25) is 0 Å². The van der Waals surface area contributed by atoms with Crippen molar-refractivity contribution >= 4 is 47.3 Å². The number of nitrogens with two attached hydrogens (primary N) is 1. The zero-order chi connectivity index (χ0) is 31.9. The molecular formula is C28H41ClN6O7. The van der Waals surface area contributed by atoms with Crippen molar-refractivity contribution in [2.45, 2.75) is 77.6 Å². The first-order valence-electron chi connectivity index (χ1n) is 13.3. The monoisotopic (exact) mass is 608 g/mol. The van der Waals surface area contributed by atoms with Gasteiger partial charge in [-0.25, -0.2) is 14.4 Å². The van der Waals surface area contributed by atoms with E-state index in [1.807, 2.05) is 0 Å². The Morgan fingerprint density at radius 1 is 1.02 bits per heavy atom. The van der Waals surface area contributed by atoms with E-state index < -0.39 is 47.7 Å². The predicted octanol–water partition coefficient (Wildman–Crippen LogP) is 2.71. The van der Waals surface area contributed by atoms with E-state index in [0.29, 0.717) is 23.2 Å². The number of amides is 6. The number of urea groups is 1. The Bertz CT molecular complexity index is 1150. The average molecular weight is 609 g/mol. The smallest absolute Gasteiger partial charge is 0.408 e. The van der Waals surface area contributed by atoms with Crippen molar-refractivity contribution < 1.29 is 33.4 Å². The maximum absolute atomic E-state index is 13.3. The van der Waals surface area contributed by atoms with E-state index in [2.05, 4.69) is 32.5 Å². The van der Waals surface area contributed by atoms with Gasteiger partial charge in [0.25, 0.3) is 0 Å². The van der Waals surface area contributed by atoms with Gasteiger partial charge in [-0.1, -0.05) is 25.8 Å². The lowest BCUT2D eigenvalue weighted by atomic mass is 10.0. The summed E-state index contributed by atoms with van der Waals surface area (Å²) in [6, 6.07) is 2.13. The standard InChI is InChI=1S/C28H41ClN6O7/c1-7-12-32-26(39)41-16-19-14-20(11-10-18(19)15-29)33-23(36)21(9-8-13-31-25(30)38)34-24(37)22(17(2)3)35-27(40)42-28(4,5)6/h1,10-11,14,17,21-22H,8-9,12-13,15-16H2,2-6H3,(H,32,39)(H,33,36)(H,34,37)(H,35,40)(H3,30,31,38). The van der Waals surface area contributed by atoms with Crippen molar-refractivity contribution in [3.05, 3.63) is 29.3 Å². The molecular weight excluding hydrogens is 568 g/mol. The van der Waals surface area contributed by atoms with E-state index in [1.54, 1.807) is 52.8 Å². The second-order valence-corrected chi connectivity index (χ2v) is 10.9. The van der Waals surface area contributed by atoms with Gasteiger partial charge in [-0.3, -0.25) is 9.59 Å². The van der Waals surface area contributed by atoms with Crippen LogP contribution in [0.5, 0.6) is 0 Å². The molecule has 0 radical (unpaired) electrons. The molecule has 0 aliphatic carbocycles. The maximum Gasteiger partial charge on any atom is 0.408 e. The van der Waals surface area contributed by atoms with Crippen LogP contribution < -0.4 is 32.3 Å². The van der Waals surface area contributed by atoms with E-state index in [4.69, 9.17) is 33.2 Å². The Hall–Kier alpha value is -4.18.